The van der Waals surface area contributed by atoms with Gasteiger partial charge in [-0.3, -0.25) is 14.5 Å². The largest absolute Gasteiger partial charge is 0.384 e. The molecule has 1 aliphatic carbocycles. The molecule has 1 aromatic heterocycles. The number of anilines is 1. The van der Waals surface area contributed by atoms with E-state index in [1.165, 1.54) is 4.90 Å². The predicted molar refractivity (Wildman–Crippen MR) is 55.8 cm³/mol. The summed E-state index contributed by atoms with van der Waals surface area (Å²) in [6.45, 7) is 0.317. The molecule has 1 aromatic rings. The second-order valence-electron chi connectivity index (χ2n) is 4.30. The Morgan fingerprint density at radius 2 is 2.06 bits per heavy atom. The first kappa shape index (κ1) is 9.33. The molecule has 2 amide bonds. The molecule has 5 nitrogen and oxygen atoms in total. The number of aromatic nitrogens is 1. The molecule has 2 aliphatic rings. The third kappa shape index (κ3) is 1.28. The minimum atomic E-state index is -0.0367. The molecule has 2 heterocycles. The SMILES string of the molecule is Nc1cc(CN2C(=O)C3CC3C2=O)ccn1. The number of nitrogens with two attached hydrogens (primary N) is 1. The monoisotopic (exact) mass is 217 g/mol. The number of carbonyl (C=O) groups is 2. The average molecular weight is 217 g/mol. The number of nitrogen functional groups attached to an aromatic ring is 1. The zero-order valence-electron chi connectivity index (χ0n) is 8.59. The highest BCUT2D eigenvalue weighted by Gasteiger charge is 2.58. The van der Waals surface area contributed by atoms with Gasteiger partial charge in [-0.15, -0.1) is 0 Å². The van der Waals surface area contributed by atoms with Gasteiger partial charge in [0.15, 0.2) is 0 Å². The number of imide groups is 1. The summed E-state index contributed by atoms with van der Waals surface area (Å²) in [4.78, 5) is 28.6. The molecule has 16 heavy (non-hydrogen) atoms. The molecule has 2 unspecified atom stereocenters. The van der Waals surface area contributed by atoms with Gasteiger partial charge in [-0.1, -0.05) is 0 Å². The molecule has 3 rings (SSSR count). The van der Waals surface area contributed by atoms with Crippen molar-refractivity contribution in [1.29, 1.82) is 0 Å². The van der Waals surface area contributed by atoms with Gasteiger partial charge in [0.05, 0.1) is 18.4 Å². The summed E-state index contributed by atoms with van der Waals surface area (Å²) in [5, 5.41) is 0. The normalized spacial score (nSPS) is 27.1. The van der Waals surface area contributed by atoms with Crippen LogP contribution < -0.4 is 5.73 Å². The molecule has 0 bridgehead atoms. The van der Waals surface area contributed by atoms with Crippen LogP contribution in [0, 0.1) is 11.8 Å². The minimum absolute atomic E-state index is 0.0355. The molecule has 2 atom stereocenters. The lowest BCUT2D eigenvalue weighted by atomic mass is 10.2. The maximum atomic E-state index is 11.7. The van der Waals surface area contributed by atoms with Crippen LogP contribution in [0.25, 0.3) is 0 Å². The first-order valence-electron chi connectivity index (χ1n) is 5.22. The lowest BCUT2D eigenvalue weighted by molar-refractivity contribution is -0.142. The maximum Gasteiger partial charge on any atom is 0.233 e. The van der Waals surface area contributed by atoms with Crippen LogP contribution in [0.2, 0.25) is 0 Å². The predicted octanol–water partition coefficient (Wildman–Crippen LogP) is 0.169. The van der Waals surface area contributed by atoms with E-state index in [1.54, 1.807) is 18.3 Å². The van der Waals surface area contributed by atoms with Crippen LogP contribution in [0.15, 0.2) is 18.3 Å². The van der Waals surface area contributed by atoms with Crippen LogP contribution in [-0.4, -0.2) is 21.7 Å². The molecule has 0 radical (unpaired) electrons. The van der Waals surface area contributed by atoms with Crippen LogP contribution in [0.1, 0.15) is 12.0 Å². The molecule has 5 heteroatoms. The number of carbonyl (C=O) groups excluding carboxylic acids is 2. The smallest absolute Gasteiger partial charge is 0.233 e. The number of piperidine rings is 1. The standard InChI is InChI=1S/C11H11N3O2/c12-9-3-6(1-2-13-9)5-14-10(15)7-4-8(7)11(14)16/h1-3,7-8H,4-5H2,(H2,12,13). The molecule has 82 valence electrons. The highest BCUT2D eigenvalue weighted by Crippen LogP contribution is 2.47. The van der Waals surface area contributed by atoms with Crippen LogP contribution in [0.5, 0.6) is 0 Å². The zero-order valence-corrected chi connectivity index (χ0v) is 8.59. The molecular formula is C11H11N3O2. The Balaban J connectivity index is 1.80. The van der Waals surface area contributed by atoms with Crippen LogP contribution in [0.3, 0.4) is 0 Å². The van der Waals surface area contributed by atoms with E-state index in [0.717, 1.165) is 12.0 Å². The molecule has 1 saturated carbocycles. The number of fused-ring (bicyclic) bond motifs is 1. The number of rotatable bonds is 2. The van der Waals surface area contributed by atoms with E-state index in [4.69, 9.17) is 5.73 Å². The Bertz CT molecular complexity index is 466. The van der Waals surface area contributed by atoms with Crippen molar-refractivity contribution >= 4 is 17.6 Å². The first-order valence-corrected chi connectivity index (χ1v) is 5.22. The summed E-state index contributed by atoms with van der Waals surface area (Å²) < 4.78 is 0. The van der Waals surface area contributed by atoms with Gasteiger partial charge in [0.1, 0.15) is 5.82 Å². The summed E-state index contributed by atoms with van der Waals surface area (Å²) in [6.07, 6.45) is 2.32. The van der Waals surface area contributed by atoms with Crippen molar-refractivity contribution in [2.75, 3.05) is 5.73 Å². The number of likely N-dealkylation sites (tertiary alicyclic amines) is 1. The van der Waals surface area contributed by atoms with Gasteiger partial charge in [0.25, 0.3) is 0 Å². The first-order chi connectivity index (χ1) is 7.66. The fraction of sp³-hybridized carbons (Fsp3) is 0.364. The van der Waals surface area contributed by atoms with E-state index >= 15 is 0 Å². The quantitative estimate of drug-likeness (QED) is 0.716. The highest BCUT2D eigenvalue weighted by molar-refractivity contribution is 6.08. The Hall–Kier alpha value is -1.91. The van der Waals surface area contributed by atoms with Crippen molar-refractivity contribution in [1.82, 2.24) is 9.88 Å². The Labute approximate surface area is 92.3 Å². The van der Waals surface area contributed by atoms with Crippen LogP contribution in [0.4, 0.5) is 5.82 Å². The van der Waals surface area contributed by atoms with E-state index in [1.807, 2.05) is 0 Å². The number of nitrogens with zero attached hydrogens (tertiary/aromatic N) is 2. The van der Waals surface area contributed by atoms with Gasteiger partial charge >= 0.3 is 0 Å². The second kappa shape index (κ2) is 3.04. The Morgan fingerprint density at radius 3 is 2.69 bits per heavy atom. The number of hydrogen-bond acceptors (Lipinski definition) is 4. The average Bonchev–Trinajstić information content (AvgIpc) is 2.99. The van der Waals surface area contributed by atoms with Gasteiger partial charge in [-0.2, -0.15) is 0 Å². The summed E-state index contributed by atoms with van der Waals surface area (Å²) in [5.74, 6) is 0.260. The van der Waals surface area contributed by atoms with Crippen molar-refractivity contribution in [2.45, 2.75) is 13.0 Å². The lowest BCUT2D eigenvalue weighted by Crippen LogP contribution is -2.32. The van der Waals surface area contributed by atoms with Crippen molar-refractivity contribution in [3.8, 4) is 0 Å². The van der Waals surface area contributed by atoms with Crippen LogP contribution >= 0.6 is 0 Å². The molecule has 0 aromatic carbocycles. The Kier molecular flexibility index (Phi) is 1.77. The third-order valence-corrected chi connectivity index (χ3v) is 3.14. The minimum Gasteiger partial charge on any atom is -0.384 e. The van der Waals surface area contributed by atoms with Gasteiger partial charge in [-0.25, -0.2) is 4.98 Å². The topological polar surface area (TPSA) is 76.3 Å². The lowest BCUT2D eigenvalue weighted by Gasteiger charge is -2.16. The molecule has 2 N–H and O–H groups in total. The second-order valence-corrected chi connectivity index (χ2v) is 4.30. The fourth-order valence-corrected chi connectivity index (χ4v) is 2.18. The zero-order chi connectivity index (χ0) is 11.3. The fourth-order valence-electron chi connectivity index (χ4n) is 2.18. The van der Waals surface area contributed by atoms with Crippen LogP contribution in [-0.2, 0) is 16.1 Å². The summed E-state index contributed by atoms with van der Waals surface area (Å²) in [7, 11) is 0. The molecule has 1 saturated heterocycles. The van der Waals surface area contributed by atoms with Crippen molar-refractivity contribution in [3.05, 3.63) is 23.9 Å². The van der Waals surface area contributed by atoms with E-state index in [9.17, 15) is 9.59 Å². The third-order valence-electron chi connectivity index (χ3n) is 3.14. The molecular weight excluding hydrogens is 206 g/mol. The van der Waals surface area contributed by atoms with Crippen molar-refractivity contribution in [2.24, 2.45) is 11.8 Å². The van der Waals surface area contributed by atoms with E-state index in [0.29, 0.717) is 12.4 Å². The van der Waals surface area contributed by atoms with E-state index in [2.05, 4.69) is 4.98 Å². The van der Waals surface area contributed by atoms with E-state index in [-0.39, 0.29) is 23.7 Å². The van der Waals surface area contributed by atoms with Gasteiger partial charge in [0, 0.05) is 6.20 Å². The Morgan fingerprint density at radius 1 is 1.38 bits per heavy atom. The van der Waals surface area contributed by atoms with Gasteiger partial charge < -0.3 is 5.73 Å². The summed E-state index contributed by atoms with van der Waals surface area (Å²) in [5.41, 5.74) is 6.38. The summed E-state index contributed by atoms with van der Waals surface area (Å²) >= 11 is 0. The maximum absolute atomic E-state index is 11.7. The number of amides is 2. The number of hydrogen-bond donors (Lipinski definition) is 1. The number of pyridine rings is 1. The molecule has 0 spiro atoms. The van der Waals surface area contributed by atoms with E-state index < -0.39 is 0 Å². The van der Waals surface area contributed by atoms with Crippen molar-refractivity contribution < 1.29 is 9.59 Å². The summed E-state index contributed by atoms with van der Waals surface area (Å²) in [6, 6.07) is 3.45. The van der Waals surface area contributed by atoms with Crippen molar-refractivity contribution in [3.63, 3.8) is 0 Å². The highest BCUT2D eigenvalue weighted by atomic mass is 16.2. The van der Waals surface area contributed by atoms with Gasteiger partial charge in [-0.05, 0) is 24.1 Å². The molecule has 2 fully saturated rings. The van der Waals surface area contributed by atoms with Gasteiger partial charge in [0.2, 0.25) is 11.8 Å². The molecule has 1 aliphatic heterocycles.